The Balaban J connectivity index is 1.84. The number of nitrogens with one attached hydrogen (secondary N) is 5. The van der Waals surface area contributed by atoms with Crippen LogP contribution in [-0.2, 0) is 48.0 Å². The van der Waals surface area contributed by atoms with E-state index in [0.717, 1.165) is 5.56 Å². The van der Waals surface area contributed by atoms with Crippen molar-refractivity contribution in [3.05, 3.63) is 102 Å². The zero-order valence-corrected chi connectivity index (χ0v) is 30.7. The minimum atomic E-state index is -1.56. The van der Waals surface area contributed by atoms with Crippen LogP contribution in [0, 0.1) is 5.92 Å². The van der Waals surface area contributed by atoms with Gasteiger partial charge in [-0.2, -0.15) is 0 Å². The molecule has 0 spiro atoms. The molecule has 5 amide bonds. The number of carbonyl (C=O) groups excluding carboxylic acids is 5. The van der Waals surface area contributed by atoms with Crippen molar-refractivity contribution in [2.45, 2.75) is 89.3 Å². The van der Waals surface area contributed by atoms with E-state index in [1.54, 1.807) is 56.3 Å². The first-order valence-corrected chi connectivity index (χ1v) is 17.6. The van der Waals surface area contributed by atoms with Crippen molar-refractivity contribution in [2.75, 3.05) is 0 Å². The Hall–Kier alpha value is -5.80. The zero-order chi connectivity index (χ0) is 39.9. The van der Waals surface area contributed by atoms with E-state index in [1.807, 2.05) is 30.3 Å². The number of aliphatic carboxylic acids is 1. The van der Waals surface area contributed by atoms with Crippen LogP contribution in [0.25, 0.3) is 0 Å². The van der Waals surface area contributed by atoms with Gasteiger partial charge in [0.25, 0.3) is 0 Å². The molecule has 0 saturated carbocycles. The Bertz CT molecular complexity index is 1720. The fourth-order valence-electron chi connectivity index (χ4n) is 5.45. The third-order valence-corrected chi connectivity index (χ3v) is 8.60. The fraction of sp³-hybridized carbons (Fsp3) is 0.385. The summed E-state index contributed by atoms with van der Waals surface area (Å²) in [6.45, 7) is 5.82. The lowest BCUT2D eigenvalue weighted by Gasteiger charge is -2.29. The molecule has 3 aromatic rings. The minimum Gasteiger partial charge on any atom is -0.508 e. The number of aromatic hydroxyl groups is 1. The summed E-state index contributed by atoms with van der Waals surface area (Å²) in [6.07, 6.45) is -1.29. The van der Waals surface area contributed by atoms with Crippen LogP contribution in [0.5, 0.6) is 5.75 Å². The number of carbonyl (C=O) groups is 6. The van der Waals surface area contributed by atoms with Crippen LogP contribution in [0.4, 0.5) is 0 Å². The van der Waals surface area contributed by atoms with Gasteiger partial charge in [0, 0.05) is 12.8 Å². The Morgan fingerprint density at radius 2 is 0.981 bits per heavy atom. The lowest BCUT2D eigenvalue weighted by Crippen LogP contribution is -2.62. The van der Waals surface area contributed by atoms with E-state index in [0.29, 0.717) is 11.1 Å². The number of hydrogen-bond donors (Lipinski definition) is 9. The van der Waals surface area contributed by atoms with E-state index in [4.69, 9.17) is 5.73 Å². The fourth-order valence-corrected chi connectivity index (χ4v) is 5.45. The summed E-state index contributed by atoms with van der Waals surface area (Å²) in [6, 6.07) is 16.3. The Kier molecular flexibility index (Phi) is 16.1. The number of carboxylic acids is 1. The predicted molar refractivity (Wildman–Crippen MR) is 200 cm³/mol. The predicted octanol–water partition coefficient (Wildman–Crippen LogP) is 0.313. The van der Waals surface area contributed by atoms with Crippen LogP contribution in [0.15, 0.2) is 84.9 Å². The highest BCUT2D eigenvalue weighted by atomic mass is 16.4. The number of nitrogens with two attached hydrogens (primary N) is 1. The molecule has 0 aromatic heterocycles. The van der Waals surface area contributed by atoms with Crippen LogP contribution in [0.1, 0.15) is 44.4 Å². The molecule has 3 rings (SSSR count). The lowest BCUT2D eigenvalue weighted by atomic mass is 9.99. The van der Waals surface area contributed by atoms with Crippen LogP contribution >= 0.6 is 0 Å². The van der Waals surface area contributed by atoms with E-state index in [9.17, 15) is 44.1 Å². The molecular formula is C39H50N6O9. The van der Waals surface area contributed by atoms with Crippen molar-refractivity contribution in [1.82, 2.24) is 26.6 Å². The molecule has 3 aromatic carbocycles. The summed E-state index contributed by atoms with van der Waals surface area (Å²) in [4.78, 5) is 78.9. The van der Waals surface area contributed by atoms with Gasteiger partial charge in [-0.1, -0.05) is 86.6 Å². The first kappa shape index (κ1) is 42.6. The maximum Gasteiger partial charge on any atom is 0.325 e. The highest BCUT2D eigenvalue weighted by Crippen LogP contribution is 2.13. The van der Waals surface area contributed by atoms with Crippen LogP contribution in [0.2, 0.25) is 0 Å². The van der Waals surface area contributed by atoms with E-state index in [2.05, 4.69) is 26.6 Å². The van der Waals surface area contributed by atoms with Crippen molar-refractivity contribution >= 4 is 35.5 Å². The minimum absolute atomic E-state index is 0.00882. The number of aliphatic hydroxyl groups is 1. The maximum atomic E-state index is 13.9. The molecule has 0 heterocycles. The van der Waals surface area contributed by atoms with Gasteiger partial charge in [0.15, 0.2) is 0 Å². The third kappa shape index (κ3) is 13.3. The largest absolute Gasteiger partial charge is 0.508 e. The Labute approximate surface area is 314 Å². The van der Waals surface area contributed by atoms with Crippen molar-refractivity contribution in [3.8, 4) is 5.75 Å². The molecule has 290 valence electrons. The summed E-state index contributed by atoms with van der Waals surface area (Å²) < 4.78 is 0. The Morgan fingerprint density at radius 1 is 0.556 bits per heavy atom. The molecule has 15 heteroatoms. The molecule has 0 unspecified atom stereocenters. The quantitative estimate of drug-likeness (QED) is 0.0813. The summed E-state index contributed by atoms with van der Waals surface area (Å²) in [5, 5.41) is 42.0. The van der Waals surface area contributed by atoms with Gasteiger partial charge < -0.3 is 47.6 Å². The number of benzene rings is 3. The second kappa shape index (κ2) is 20.4. The third-order valence-electron chi connectivity index (χ3n) is 8.60. The molecular weight excluding hydrogens is 696 g/mol. The molecule has 0 fully saturated rings. The van der Waals surface area contributed by atoms with Crippen molar-refractivity contribution < 1.29 is 44.1 Å². The number of phenolic OH excluding ortho intramolecular Hbond substituents is 1. The first-order chi connectivity index (χ1) is 25.5. The molecule has 10 N–H and O–H groups in total. The molecule has 0 aliphatic heterocycles. The molecule has 0 aliphatic carbocycles. The van der Waals surface area contributed by atoms with E-state index in [1.165, 1.54) is 26.0 Å². The normalized spacial score (nSPS) is 14.9. The molecule has 0 radical (unpaired) electrons. The van der Waals surface area contributed by atoms with E-state index < -0.39 is 83.8 Å². The van der Waals surface area contributed by atoms with Gasteiger partial charge in [-0.3, -0.25) is 28.8 Å². The first-order valence-electron chi connectivity index (χ1n) is 17.6. The van der Waals surface area contributed by atoms with Gasteiger partial charge >= 0.3 is 5.97 Å². The number of phenols is 1. The second-order valence-electron chi connectivity index (χ2n) is 13.5. The number of hydrogen-bond acceptors (Lipinski definition) is 9. The number of carboxylic acid groups (broad SMARTS) is 1. The van der Waals surface area contributed by atoms with Crippen molar-refractivity contribution in [1.29, 1.82) is 0 Å². The van der Waals surface area contributed by atoms with Crippen molar-refractivity contribution in [3.63, 3.8) is 0 Å². The molecule has 7 atom stereocenters. The maximum absolute atomic E-state index is 13.9. The van der Waals surface area contributed by atoms with Crippen molar-refractivity contribution in [2.24, 2.45) is 11.7 Å². The van der Waals surface area contributed by atoms with E-state index >= 15 is 0 Å². The van der Waals surface area contributed by atoms with E-state index in [-0.39, 0.29) is 25.0 Å². The van der Waals surface area contributed by atoms with Gasteiger partial charge in [0.2, 0.25) is 29.5 Å². The van der Waals surface area contributed by atoms with Gasteiger partial charge in [-0.25, -0.2) is 0 Å². The summed E-state index contributed by atoms with van der Waals surface area (Å²) in [5.41, 5.74) is 8.28. The lowest BCUT2D eigenvalue weighted by molar-refractivity contribution is -0.142. The molecule has 0 aliphatic rings. The Morgan fingerprint density at radius 3 is 1.44 bits per heavy atom. The standard InChI is InChI=1S/C39H50N6O9/c1-22(2)32(44-35(49)30(21-27-15-17-28(47)18-16-27)42-34(48)29(40)19-25-11-7-5-8-12-25)37(51)43-31(20-26-13-9-6-10-14-26)36(50)45-33(24(4)46)38(52)41-23(3)39(53)54/h5-18,22-24,29-33,46-47H,19-21,40H2,1-4H3,(H,41,52)(H,42,48)(H,43,51)(H,44,49)(H,45,50)(H,53,54)/t23-,24+,29-,30-,31-,32-,33-/m0/s1. The molecule has 0 bridgehead atoms. The summed E-state index contributed by atoms with van der Waals surface area (Å²) in [5.74, 6) is -5.69. The average molecular weight is 747 g/mol. The van der Waals surface area contributed by atoms with Gasteiger partial charge in [0.05, 0.1) is 12.1 Å². The zero-order valence-electron chi connectivity index (χ0n) is 30.7. The summed E-state index contributed by atoms with van der Waals surface area (Å²) in [7, 11) is 0. The summed E-state index contributed by atoms with van der Waals surface area (Å²) >= 11 is 0. The SMILES string of the molecule is CC(C)[C@H](NC(=O)[C@H](Cc1ccc(O)cc1)NC(=O)[C@@H](N)Cc1ccccc1)C(=O)N[C@@H](Cc1ccccc1)C(=O)N[C@H](C(=O)N[C@@H](C)C(=O)O)[C@@H](C)O. The molecule has 0 saturated heterocycles. The smallest absolute Gasteiger partial charge is 0.325 e. The monoisotopic (exact) mass is 746 g/mol. The average Bonchev–Trinajstić information content (AvgIpc) is 3.13. The number of aliphatic hydroxyl groups excluding tert-OH is 1. The number of rotatable bonds is 19. The van der Waals surface area contributed by atoms with Crippen LogP contribution in [0.3, 0.4) is 0 Å². The van der Waals surface area contributed by atoms with Gasteiger partial charge in [-0.05, 0) is 55.0 Å². The second-order valence-corrected chi connectivity index (χ2v) is 13.5. The molecule has 54 heavy (non-hydrogen) atoms. The van der Waals surface area contributed by atoms with Gasteiger partial charge in [0.1, 0.15) is 36.0 Å². The van der Waals surface area contributed by atoms with Crippen LogP contribution in [-0.4, -0.2) is 93.2 Å². The molecule has 15 nitrogen and oxygen atoms in total. The van der Waals surface area contributed by atoms with Crippen LogP contribution < -0.4 is 32.3 Å². The number of amides is 5. The highest BCUT2D eigenvalue weighted by Gasteiger charge is 2.35. The van der Waals surface area contributed by atoms with Gasteiger partial charge in [-0.15, -0.1) is 0 Å². The highest BCUT2D eigenvalue weighted by molar-refractivity contribution is 5.96. The topological polar surface area (TPSA) is 249 Å².